The van der Waals surface area contributed by atoms with Crippen LogP contribution in [-0.2, 0) is 11.0 Å². The van der Waals surface area contributed by atoms with Crippen molar-refractivity contribution >= 4 is 17.5 Å². The van der Waals surface area contributed by atoms with E-state index < -0.39 is 17.6 Å². The minimum Gasteiger partial charge on any atom is -0.494 e. The van der Waals surface area contributed by atoms with Gasteiger partial charge in [0.25, 0.3) is 5.91 Å². The third-order valence-corrected chi connectivity index (χ3v) is 4.67. The fourth-order valence-electron chi connectivity index (χ4n) is 3.23. The number of rotatable bonds is 6. The Morgan fingerprint density at radius 1 is 1.21 bits per heavy atom. The van der Waals surface area contributed by atoms with Gasteiger partial charge in [-0.05, 0) is 49.4 Å². The van der Waals surface area contributed by atoms with Gasteiger partial charge in [-0.1, -0.05) is 6.07 Å². The summed E-state index contributed by atoms with van der Waals surface area (Å²) in [5, 5.41) is 2.63. The number of nitrogens with one attached hydrogen (secondary N) is 1. The van der Waals surface area contributed by atoms with Crippen LogP contribution >= 0.6 is 0 Å². The Morgan fingerprint density at radius 2 is 1.93 bits per heavy atom. The number of benzene rings is 2. The lowest BCUT2D eigenvalue weighted by molar-refractivity contribution is -0.137. The van der Waals surface area contributed by atoms with Crippen molar-refractivity contribution in [3.05, 3.63) is 59.7 Å². The zero-order valence-electron chi connectivity index (χ0n) is 15.8. The lowest BCUT2D eigenvalue weighted by Crippen LogP contribution is -2.31. The van der Waals surface area contributed by atoms with Crippen LogP contribution in [0.3, 0.4) is 0 Å². The maximum absolute atomic E-state index is 12.8. The minimum absolute atomic E-state index is 0.0625. The van der Waals surface area contributed by atoms with Gasteiger partial charge in [0.05, 0.1) is 12.2 Å². The van der Waals surface area contributed by atoms with Crippen LogP contribution in [0.5, 0.6) is 5.75 Å². The standard InChI is InChI=1S/C21H21F3N2O3/c1-2-29-18-8-6-17(7-9-18)26-13-14(10-19(26)27)12-25-20(28)15-4-3-5-16(11-15)21(22,23)24/h3-9,11,14H,2,10,12-13H2,1H3,(H,25,28). The van der Waals surface area contributed by atoms with Gasteiger partial charge in [0.2, 0.25) is 5.91 Å². The number of halogens is 3. The quantitative estimate of drug-likeness (QED) is 0.792. The van der Waals surface area contributed by atoms with Crippen molar-refractivity contribution in [2.24, 2.45) is 5.92 Å². The van der Waals surface area contributed by atoms with Crippen LogP contribution < -0.4 is 15.0 Å². The molecule has 1 fully saturated rings. The van der Waals surface area contributed by atoms with E-state index in [0.717, 1.165) is 17.8 Å². The number of carbonyl (C=O) groups is 2. The second-order valence-corrected chi connectivity index (χ2v) is 6.79. The van der Waals surface area contributed by atoms with Crippen molar-refractivity contribution < 1.29 is 27.5 Å². The maximum Gasteiger partial charge on any atom is 0.416 e. The molecule has 2 aromatic rings. The molecular formula is C21H21F3N2O3. The van der Waals surface area contributed by atoms with Crippen LogP contribution in [0.2, 0.25) is 0 Å². The van der Waals surface area contributed by atoms with Crippen LogP contribution in [0, 0.1) is 5.92 Å². The first-order valence-corrected chi connectivity index (χ1v) is 9.26. The summed E-state index contributed by atoms with van der Waals surface area (Å²) in [6.07, 6.45) is -4.25. The number of hydrogen-bond donors (Lipinski definition) is 1. The van der Waals surface area contributed by atoms with E-state index in [1.54, 1.807) is 29.2 Å². The van der Waals surface area contributed by atoms with Crippen molar-refractivity contribution in [3.8, 4) is 5.75 Å². The molecule has 0 spiro atoms. The normalized spacial score (nSPS) is 16.8. The topological polar surface area (TPSA) is 58.6 Å². The molecule has 1 N–H and O–H groups in total. The fraction of sp³-hybridized carbons (Fsp3) is 0.333. The van der Waals surface area contributed by atoms with Crippen LogP contribution in [0.25, 0.3) is 0 Å². The van der Waals surface area contributed by atoms with Gasteiger partial charge in [0.1, 0.15) is 5.75 Å². The fourth-order valence-corrected chi connectivity index (χ4v) is 3.23. The molecule has 2 amide bonds. The molecule has 154 valence electrons. The molecule has 1 heterocycles. The smallest absolute Gasteiger partial charge is 0.416 e. The highest BCUT2D eigenvalue weighted by Gasteiger charge is 2.32. The second-order valence-electron chi connectivity index (χ2n) is 6.79. The lowest BCUT2D eigenvalue weighted by atomic mass is 10.1. The first-order valence-electron chi connectivity index (χ1n) is 9.26. The van der Waals surface area contributed by atoms with Crippen LogP contribution in [0.15, 0.2) is 48.5 Å². The van der Waals surface area contributed by atoms with E-state index in [0.29, 0.717) is 18.9 Å². The molecule has 5 nitrogen and oxygen atoms in total. The van der Waals surface area contributed by atoms with Crippen LogP contribution in [-0.4, -0.2) is 31.5 Å². The predicted molar refractivity (Wildman–Crippen MR) is 102 cm³/mol. The van der Waals surface area contributed by atoms with Gasteiger partial charge in [-0.15, -0.1) is 0 Å². The average Bonchev–Trinajstić information content (AvgIpc) is 3.07. The van der Waals surface area contributed by atoms with Crippen molar-refractivity contribution in [2.45, 2.75) is 19.5 Å². The summed E-state index contributed by atoms with van der Waals surface area (Å²) in [6.45, 7) is 3.07. The zero-order chi connectivity index (χ0) is 21.0. The number of anilines is 1. The second kappa shape index (κ2) is 8.55. The molecule has 8 heteroatoms. The van der Waals surface area contributed by atoms with Crippen LogP contribution in [0.4, 0.5) is 18.9 Å². The summed E-state index contributed by atoms with van der Waals surface area (Å²) in [6, 6.07) is 11.4. The zero-order valence-corrected chi connectivity index (χ0v) is 15.8. The summed E-state index contributed by atoms with van der Waals surface area (Å²) in [5.41, 5.74) is -0.194. The molecular weight excluding hydrogens is 385 g/mol. The summed E-state index contributed by atoms with van der Waals surface area (Å²) < 4.78 is 43.8. The highest BCUT2D eigenvalue weighted by molar-refractivity contribution is 5.96. The Bertz CT molecular complexity index is 881. The molecule has 0 aromatic heterocycles. The first kappa shape index (κ1) is 20.7. The molecule has 1 atom stereocenters. The molecule has 1 aliphatic heterocycles. The Balaban J connectivity index is 1.58. The van der Waals surface area contributed by atoms with Crippen molar-refractivity contribution in [1.29, 1.82) is 0 Å². The van der Waals surface area contributed by atoms with E-state index in [4.69, 9.17) is 4.74 Å². The molecule has 0 radical (unpaired) electrons. The van der Waals surface area contributed by atoms with Gasteiger partial charge in [-0.3, -0.25) is 9.59 Å². The maximum atomic E-state index is 12.8. The summed E-state index contributed by atoms with van der Waals surface area (Å²) in [5.74, 6) is -0.0628. The summed E-state index contributed by atoms with van der Waals surface area (Å²) >= 11 is 0. The number of hydrogen-bond acceptors (Lipinski definition) is 3. The number of alkyl halides is 3. The molecule has 0 aliphatic carbocycles. The monoisotopic (exact) mass is 406 g/mol. The molecule has 1 saturated heterocycles. The molecule has 3 rings (SSSR count). The Labute approximate surface area is 166 Å². The minimum atomic E-state index is -4.51. The number of carbonyl (C=O) groups excluding carboxylic acids is 2. The van der Waals surface area contributed by atoms with E-state index >= 15 is 0 Å². The molecule has 0 saturated carbocycles. The van der Waals surface area contributed by atoms with E-state index in [1.165, 1.54) is 12.1 Å². The third kappa shape index (κ3) is 5.07. The highest BCUT2D eigenvalue weighted by Crippen LogP contribution is 2.30. The van der Waals surface area contributed by atoms with Crippen LogP contribution in [0.1, 0.15) is 29.3 Å². The van der Waals surface area contributed by atoms with E-state index in [-0.39, 0.29) is 30.4 Å². The lowest BCUT2D eigenvalue weighted by Gasteiger charge is -2.17. The summed E-state index contributed by atoms with van der Waals surface area (Å²) in [7, 11) is 0. The van der Waals surface area contributed by atoms with E-state index in [2.05, 4.69) is 5.32 Å². The highest BCUT2D eigenvalue weighted by atomic mass is 19.4. The number of amides is 2. The molecule has 29 heavy (non-hydrogen) atoms. The van der Waals surface area contributed by atoms with E-state index in [9.17, 15) is 22.8 Å². The number of nitrogens with zero attached hydrogens (tertiary/aromatic N) is 1. The van der Waals surface area contributed by atoms with Crippen molar-refractivity contribution in [2.75, 3.05) is 24.6 Å². The van der Waals surface area contributed by atoms with Gasteiger partial charge >= 0.3 is 6.18 Å². The van der Waals surface area contributed by atoms with Gasteiger partial charge in [0, 0.05) is 36.7 Å². The molecule has 1 unspecified atom stereocenters. The average molecular weight is 406 g/mol. The van der Waals surface area contributed by atoms with Gasteiger partial charge in [-0.25, -0.2) is 0 Å². The van der Waals surface area contributed by atoms with Gasteiger partial charge in [0.15, 0.2) is 0 Å². The van der Waals surface area contributed by atoms with E-state index in [1.807, 2.05) is 6.92 Å². The SMILES string of the molecule is CCOc1ccc(N2CC(CNC(=O)c3cccc(C(F)(F)F)c3)CC2=O)cc1. The molecule has 1 aliphatic rings. The summed E-state index contributed by atoms with van der Waals surface area (Å²) in [4.78, 5) is 26.2. The Hall–Kier alpha value is -3.03. The molecule has 0 bridgehead atoms. The van der Waals surface area contributed by atoms with Crippen molar-refractivity contribution in [3.63, 3.8) is 0 Å². The van der Waals surface area contributed by atoms with Gasteiger partial charge in [-0.2, -0.15) is 13.2 Å². The van der Waals surface area contributed by atoms with Crippen molar-refractivity contribution in [1.82, 2.24) is 5.32 Å². The predicted octanol–water partition coefficient (Wildman–Crippen LogP) is 3.89. The Morgan fingerprint density at radius 3 is 2.59 bits per heavy atom. The molecule has 2 aromatic carbocycles. The van der Waals surface area contributed by atoms with Gasteiger partial charge < -0.3 is 15.0 Å². The first-order chi connectivity index (χ1) is 13.8. The Kier molecular flexibility index (Phi) is 6.10. The number of ether oxygens (including phenoxy) is 1. The largest absolute Gasteiger partial charge is 0.494 e. The third-order valence-electron chi connectivity index (χ3n) is 4.67.